The first kappa shape index (κ1) is 25.7. The van der Waals surface area contributed by atoms with E-state index in [1.165, 1.54) is 19.3 Å². The van der Waals surface area contributed by atoms with Crippen LogP contribution in [0, 0.1) is 10.8 Å². The minimum atomic E-state index is -4.26. The monoisotopic (exact) mass is 369 g/mol. The lowest BCUT2D eigenvalue weighted by Crippen LogP contribution is -2.07. The van der Waals surface area contributed by atoms with E-state index < -0.39 is 7.82 Å². The lowest BCUT2D eigenvalue weighted by molar-refractivity contribution is 0.0607. The van der Waals surface area contributed by atoms with Gasteiger partial charge in [0.2, 0.25) is 0 Å². The molecule has 0 heterocycles. The van der Waals surface area contributed by atoms with E-state index in [-0.39, 0.29) is 18.6 Å². The zero-order valence-electron chi connectivity index (χ0n) is 15.6. The Kier molecular flexibility index (Phi) is 18.6. The summed E-state index contributed by atoms with van der Waals surface area (Å²) in [6.07, 6.45) is 9.86. The summed E-state index contributed by atoms with van der Waals surface area (Å²) in [6, 6.07) is 0. The first-order chi connectivity index (χ1) is 11.3. The van der Waals surface area contributed by atoms with Gasteiger partial charge in [-0.15, -0.1) is 4.91 Å². The van der Waals surface area contributed by atoms with Crippen molar-refractivity contribution in [3.05, 3.63) is 4.91 Å². The highest BCUT2D eigenvalue weighted by molar-refractivity contribution is 7.46. The normalized spacial score (nSPS) is 13.6. The van der Waals surface area contributed by atoms with Crippen molar-refractivity contribution in [2.24, 2.45) is 11.3 Å². The topological polar surface area (TPSA) is 105 Å². The molecule has 2 N–H and O–H groups in total. The highest BCUT2D eigenvalue weighted by Crippen LogP contribution is 2.36. The average molecular weight is 369 g/mol. The SMILES string of the molecule is CCCCC(CC)COP(=O)(O)O.CCCCCCC(C)ON=O. The van der Waals surface area contributed by atoms with Gasteiger partial charge in [-0.1, -0.05) is 59.3 Å². The molecule has 0 rings (SSSR count). The summed E-state index contributed by atoms with van der Waals surface area (Å²) >= 11 is 0. The molecule has 0 aliphatic carbocycles. The summed E-state index contributed by atoms with van der Waals surface area (Å²) < 4.78 is 14.8. The number of nitrogens with zero attached hydrogens (tertiary/aromatic N) is 1. The molecule has 0 aromatic heterocycles. The molecule has 7 nitrogen and oxygen atoms in total. The second-order valence-corrected chi connectivity index (χ2v) is 7.28. The van der Waals surface area contributed by atoms with E-state index in [4.69, 9.17) is 9.79 Å². The Hall–Kier alpha value is -0.490. The van der Waals surface area contributed by atoms with Crippen LogP contribution in [-0.4, -0.2) is 22.5 Å². The van der Waals surface area contributed by atoms with Crippen LogP contribution in [0.3, 0.4) is 0 Å². The molecule has 0 saturated carbocycles. The second kappa shape index (κ2) is 17.3. The van der Waals surface area contributed by atoms with Crippen molar-refractivity contribution >= 4 is 7.82 Å². The number of hydrogen-bond acceptors (Lipinski definition) is 5. The molecule has 2 unspecified atom stereocenters. The molecule has 2 atom stereocenters. The molecule has 0 bridgehead atoms. The maximum atomic E-state index is 10.4. The zero-order chi connectivity index (χ0) is 18.8. The smallest absolute Gasteiger partial charge is 0.361 e. The third-order valence-electron chi connectivity index (χ3n) is 3.71. The molecule has 8 heteroatoms. The highest BCUT2D eigenvalue weighted by Gasteiger charge is 2.16. The van der Waals surface area contributed by atoms with Gasteiger partial charge in [-0.3, -0.25) is 4.52 Å². The molecule has 146 valence electrons. The van der Waals surface area contributed by atoms with E-state index >= 15 is 0 Å². The van der Waals surface area contributed by atoms with E-state index in [1.807, 2.05) is 13.8 Å². The largest absolute Gasteiger partial charge is 0.469 e. The molecular weight excluding hydrogens is 333 g/mol. The molecule has 0 fully saturated rings. The first-order valence-electron chi connectivity index (χ1n) is 8.99. The summed E-state index contributed by atoms with van der Waals surface area (Å²) in [7, 11) is -4.26. The van der Waals surface area contributed by atoms with Crippen LogP contribution < -0.4 is 0 Å². The number of phosphoric ester groups is 1. The van der Waals surface area contributed by atoms with Crippen LogP contribution in [-0.2, 0) is 13.9 Å². The molecule has 0 spiro atoms. The van der Waals surface area contributed by atoms with Gasteiger partial charge in [0.05, 0.1) is 6.61 Å². The third-order valence-corrected chi connectivity index (χ3v) is 4.19. The predicted octanol–water partition coefficient (Wildman–Crippen LogP) is 5.36. The summed E-state index contributed by atoms with van der Waals surface area (Å²) in [6.45, 7) is 8.31. The van der Waals surface area contributed by atoms with Crippen LogP contribution in [0.15, 0.2) is 5.34 Å². The van der Waals surface area contributed by atoms with Crippen LogP contribution in [0.4, 0.5) is 0 Å². The zero-order valence-corrected chi connectivity index (χ0v) is 16.5. The van der Waals surface area contributed by atoms with Crippen molar-refractivity contribution in [3.63, 3.8) is 0 Å². The molecule has 0 aliphatic heterocycles. The third kappa shape index (κ3) is 21.5. The lowest BCUT2D eigenvalue weighted by Gasteiger charge is -2.14. The van der Waals surface area contributed by atoms with Gasteiger partial charge in [-0.25, -0.2) is 4.57 Å². The van der Waals surface area contributed by atoms with Gasteiger partial charge in [0.25, 0.3) is 0 Å². The van der Waals surface area contributed by atoms with Crippen molar-refractivity contribution in [2.45, 2.75) is 91.6 Å². The summed E-state index contributed by atoms with van der Waals surface area (Å²) in [5.41, 5.74) is 0. The van der Waals surface area contributed by atoms with E-state index in [0.29, 0.717) is 0 Å². The van der Waals surface area contributed by atoms with Gasteiger partial charge in [0, 0.05) is 0 Å². The van der Waals surface area contributed by atoms with Gasteiger partial charge < -0.3 is 14.6 Å². The Morgan fingerprint density at radius 1 is 1.00 bits per heavy atom. The number of rotatable bonds is 14. The Morgan fingerprint density at radius 3 is 2.08 bits per heavy atom. The van der Waals surface area contributed by atoms with Crippen molar-refractivity contribution in [1.29, 1.82) is 0 Å². The molecule has 24 heavy (non-hydrogen) atoms. The van der Waals surface area contributed by atoms with E-state index in [0.717, 1.165) is 38.5 Å². The van der Waals surface area contributed by atoms with Gasteiger partial charge in [-0.05, 0) is 32.1 Å². The Morgan fingerprint density at radius 2 is 1.62 bits per heavy atom. The van der Waals surface area contributed by atoms with Gasteiger partial charge in [-0.2, -0.15) is 0 Å². The van der Waals surface area contributed by atoms with Crippen LogP contribution in [0.2, 0.25) is 0 Å². The van der Waals surface area contributed by atoms with Gasteiger partial charge in [0.15, 0.2) is 5.34 Å². The summed E-state index contributed by atoms with van der Waals surface area (Å²) in [4.78, 5) is 31.1. The van der Waals surface area contributed by atoms with Crippen molar-refractivity contribution < 1.29 is 23.7 Å². The molecular formula is C16H36NO6P. The standard InChI is InChI=1S/C8H17NO2.C8H19O4P/c1-3-4-5-6-7-8(2)11-9-10;1-3-5-6-8(4-2)7-12-13(9,10)11/h8H,3-7H2,1-2H3;8H,3-7H2,1-2H3,(H2,9,10,11). The van der Waals surface area contributed by atoms with Crippen molar-refractivity contribution in [1.82, 2.24) is 0 Å². The van der Waals surface area contributed by atoms with Crippen LogP contribution >= 0.6 is 7.82 Å². The van der Waals surface area contributed by atoms with Crippen LogP contribution in [0.1, 0.15) is 85.5 Å². The molecule has 0 aromatic carbocycles. The molecule has 0 aliphatic rings. The fourth-order valence-corrected chi connectivity index (χ4v) is 2.49. The fourth-order valence-electron chi connectivity index (χ4n) is 2.09. The fraction of sp³-hybridized carbons (Fsp3) is 1.00. The molecule has 0 radical (unpaired) electrons. The highest BCUT2D eigenvalue weighted by atomic mass is 31.2. The van der Waals surface area contributed by atoms with Crippen molar-refractivity contribution in [2.75, 3.05) is 6.61 Å². The van der Waals surface area contributed by atoms with Gasteiger partial charge >= 0.3 is 7.82 Å². The maximum absolute atomic E-state index is 10.4. The van der Waals surface area contributed by atoms with Crippen molar-refractivity contribution in [3.8, 4) is 0 Å². The Bertz CT molecular complexity index is 324. The van der Waals surface area contributed by atoms with E-state index in [2.05, 4.69) is 28.5 Å². The second-order valence-electron chi connectivity index (χ2n) is 6.04. The molecule has 0 aromatic rings. The minimum absolute atomic E-state index is 0.00986. The lowest BCUT2D eigenvalue weighted by atomic mass is 10.0. The first-order valence-corrected chi connectivity index (χ1v) is 10.5. The molecule has 0 saturated heterocycles. The maximum Gasteiger partial charge on any atom is 0.469 e. The number of unbranched alkanes of at least 4 members (excludes halogenated alkanes) is 4. The predicted molar refractivity (Wildman–Crippen MR) is 96.4 cm³/mol. The summed E-state index contributed by atoms with van der Waals surface area (Å²) in [5.74, 6) is 0.271. The average Bonchev–Trinajstić information content (AvgIpc) is 2.52. The molecule has 0 amide bonds. The van der Waals surface area contributed by atoms with E-state index in [9.17, 15) is 9.47 Å². The van der Waals surface area contributed by atoms with E-state index in [1.54, 1.807) is 0 Å². The minimum Gasteiger partial charge on any atom is -0.361 e. The summed E-state index contributed by atoms with van der Waals surface area (Å²) in [5, 5.41) is 2.38. The quantitative estimate of drug-likeness (QED) is 0.185. The van der Waals surface area contributed by atoms with Gasteiger partial charge in [0.1, 0.15) is 6.10 Å². The van der Waals surface area contributed by atoms with Crippen LogP contribution in [0.25, 0.3) is 0 Å². The Balaban J connectivity index is 0. The van der Waals surface area contributed by atoms with Crippen LogP contribution in [0.5, 0.6) is 0 Å². The Labute approximate surface area is 146 Å². The number of phosphoric acid groups is 1. The number of hydrogen-bond donors (Lipinski definition) is 2.